The van der Waals surface area contributed by atoms with Crippen LogP contribution in [0.15, 0.2) is 30.3 Å². The Kier molecular flexibility index (Phi) is 5.05. The molecular formula is C11H16N2O5. The van der Waals surface area contributed by atoms with Gasteiger partial charge in [0, 0.05) is 0 Å². The van der Waals surface area contributed by atoms with Gasteiger partial charge in [0.1, 0.15) is 5.60 Å². The molecule has 1 atom stereocenters. The van der Waals surface area contributed by atoms with Gasteiger partial charge in [0.25, 0.3) is 5.91 Å². The maximum absolute atomic E-state index is 11.5. The van der Waals surface area contributed by atoms with Crippen molar-refractivity contribution in [1.29, 1.82) is 0 Å². The quantitative estimate of drug-likeness (QED) is 0.334. The van der Waals surface area contributed by atoms with E-state index in [-0.39, 0.29) is 0 Å². The highest BCUT2D eigenvalue weighted by atomic mass is 16.4. The Morgan fingerprint density at radius 2 is 1.78 bits per heavy atom. The number of hydrogen-bond donors (Lipinski definition) is 6. The molecule has 100 valence electrons. The van der Waals surface area contributed by atoms with Crippen LogP contribution in [0.25, 0.3) is 0 Å². The van der Waals surface area contributed by atoms with Crippen molar-refractivity contribution in [3.63, 3.8) is 0 Å². The second kappa shape index (κ2) is 6.31. The molecule has 0 bridgehead atoms. The predicted octanol–water partition coefficient (Wildman–Crippen LogP) is -1.79. The van der Waals surface area contributed by atoms with E-state index in [0.717, 1.165) is 0 Å². The molecule has 0 radical (unpaired) electrons. The van der Waals surface area contributed by atoms with Gasteiger partial charge in [-0.05, 0) is 12.1 Å². The maximum atomic E-state index is 11.5. The molecule has 0 aliphatic heterocycles. The molecule has 1 aromatic carbocycles. The minimum Gasteiger partial charge on any atom is -0.393 e. The zero-order chi connectivity index (χ0) is 13.6. The maximum Gasteiger partial charge on any atom is 0.270 e. The Balaban J connectivity index is 2.55. The van der Waals surface area contributed by atoms with Crippen LogP contribution in [0.3, 0.4) is 0 Å². The summed E-state index contributed by atoms with van der Waals surface area (Å²) in [7, 11) is 0. The summed E-state index contributed by atoms with van der Waals surface area (Å²) in [4.78, 5) is 11.5. The fourth-order valence-corrected chi connectivity index (χ4v) is 1.19. The second-order valence-corrected chi connectivity index (χ2v) is 3.80. The normalized spacial score (nSPS) is 12.9. The van der Waals surface area contributed by atoms with E-state index in [0.29, 0.717) is 5.69 Å². The molecule has 0 fully saturated rings. The molecule has 7 heteroatoms. The summed E-state index contributed by atoms with van der Waals surface area (Å²) in [5.74, 6) is -0.968. The lowest BCUT2D eigenvalue weighted by atomic mass is 9.98. The van der Waals surface area contributed by atoms with Crippen LogP contribution < -0.4 is 10.9 Å². The first-order chi connectivity index (χ1) is 8.53. The highest BCUT2D eigenvalue weighted by Crippen LogP contribution is 2.10. The number of amides is 1. The SMILES string of the molecule is O=C(NNc1ccccc1)[C@H](O)C(O)(CO)CO. The van der Waals surface area contributed by atoms with Crippen molar-refractivity contribution in [3.05, 3.63) is 30.3 Å². The van der Waals surface area contributed by atoms with Gasteiger partial charge in [-0.25, -0.2) is 0 Å². The Labute approximate surface area is 104 Å². The number of carbonyl (C=O) groups excluding carboxylic acids is 1. The van der Waals surface area contributed by atoms with Gasteiger partial charge < -0.3 is 20.4 Å². The second-order valence-electron chi connectivity index (χ2n) is 3.80. The van der Waals surface area contributed by atoms with Crippen molar-refractivity contribution in [2.75, 3.05) is 18.6 Å². The summed E-state index contributed by atoms with van der Waals surface area (Å²) in [5, 5.41) is 36.7. The van der Waals surface area contributed by atoms with Crippen LogP contribution in [0.2, 0.25) is 0 Å². The van der Waals surface area contributed by atoms with E-state index < -0.39 is 30.8 Å². The Morgan fingerprint density at radius 3 is 2.28 bits per heavy atom. The van der Waals surface area contributed by atoms with E-state index in [1.54, 1.807) is 30.3 Å². The van der Waals surface area contributed by atoms with Crippen molar-refractivity contribution in [1.82, 2.24) is 5.43 Å². The summed E-state index contributed by atoms with van der Waals surface area (Å²) in [6.07, 6.45) is -1.95. The molecule has 0 heterocycles. The number of aliphatic hydroxyl groups is 4. The molecule has 1 aromatic rings. The lowest BCUT2D eigenvalue weighted by Crippen LogP contribution is -2.56. The number of anilines is 1. The molecule has 0 aliphatic carbocycles. The topological polar surface area (TPSA) is 122 Å². The molecule has 7 nitrogen and oxygen atoms in total. The van der Waals surface area contributed by atoms with Crippen molar-refractivity contribution in [3.8, 4) is 0 Å². The molecule has 1 amide bonds. The van der Waals surface area contributed by atoms with E-state index >= 15 is 0 Å². The standard InChI is InChI=1S/C11H16N2O5/c14-6-11(18,7-15)9(16)10(17)13-12-8-4-2-1-3-5-8/h1-5,9,12,14-16,18H,6-7H2,(H,13,17)/t9-/m0/s1. The number of rotatable bonds is 6. The van der Waals surface area contributed by atoms with E-state index in [1.807, 2.05) is 0 Å². The molecule has 1 rings (SSSR count). The Bertz CT molecular complexity index is 380. The number of benzene rings is 1. The zero-order valence-corrected chi connectivity index (χ0v) is 9.58. The van der Waals surface area contributed by atoms with Crippen LogP contribution in [0.1, 0.15) is 0 Å². The summed E-state index contributed by atoms with van der Waals surface area (Å²) in [6.45, 7) is -1.88. The third-order valence-corrected chi connectivity index (χ3v) is 2.41. The minimum atomic E-state index is -2.28. The Morgan fingerprint density at radius 1 is 1.22 bits per heavy atom. The molecule has 0 saturated carbocycles. The van der Waals surface area contributed by atoms with Crippen LogP contribution in [-0.4, -0.2) is 51.3 Å². The number of hydrazine groups is 1. The third kappa shape index (κ3) is 3.41. The van der Waals surface area contributed by atoms with Crippen LogP contribution in [0.5, 0.6) is 0 Å². The van der Waals surface area contributed by atoms with E-state index in [4.69, 9.17) is 10.2 Å². The Hall–Kier alpha value is -1.67. The molecule has 0 spiro atoms. The van der Waals surface area contributed by atoms with Gasteiger partial charge in [0.15, 0.2) is 6.10 Å². The lowest BCUT2D eigenvalue weighted by molar-refractivity contribution is -0.159. The first-order valence-electron chi connectivity index (χ1n) is 5.26. The van der Waals surface area contributed by atoms with Crippen LogP contribution in [0.4, 0.5) is 5.69 Å². The van der Waals surface area contributed by atoms with Crippen molar-refractivity contribution in [2.24, 2.45) is 0 Å². The van der Waals surface area contributed by atoms with Gasteiger partial charge in [0.2, 0.25) is 0 Å². The number of nitrogens with one attached hydrogen (secondary N) is 2. The molecule has 18 heavy (non-hydrogen) atoms. The first kappa shape index (κ1) is 14.4. The average molecular weight is 256 g/mol. The molecule has 0 unspecified atom stereocenters. The first-order valence-corrected chi connectivity index (χ1v) is 5.26. The fourth-order valence-electron chi connectivity index (χ4n) is 1.19. The van der Waals surface area contributed by atoms with E-state index in [9.17, 15) is 15.0 Å². The highest BCUT2D eigenvalue weighted by Gasteiger charge is 2.39. The van der Waals surface area contributed by atoms with E-state index in [1.165, 1.54) is 0 Å². The van der Waals surface area contributed by atoms with Gasteiger partial charge in [0.05, 0.1) is 18.9 Å². The van der Waals surface area contributed by atoms with Gasteiger partial charge in [-0.2, -0.15) is 0 Å². The van der Waals surface area contributed by atoms with Crippen LogP contribution in [0, 0.1) is 0 Å². The molecular weight excluding hydrogens is 240 g/mol. The van der Waals surface area contributed by atoms with Gasteiger partial charge >= 0.3 is 0 Å². The smallest absolute Gasteiger partial charge is 0.270 e. The number of para-hydroxylation sites is 1. The van der Waals surface area contributed by atoms with Crippen LogP contribution >= 0.6 is 0 Å². The van der Waals surface area contributed by atoms with E-state index in [2.05, 4.69) is 10.9 Å². The fraction of sp³-hybridized carbons (Fsp3) is 0.364. The monoisotopic (exact) mass is 256 g/mol. The van der Waals surface area contributed by atoms with Gasteiger partial charge in [-0.1, -0.05) is 18.2 Å². The van der Waals surface area contributed by atoms with Crippen molar-refractivity contribution < 1.29 is 25.2 Å². The predicted molar refractivity (Wildman–Crippen MR) is 63.3 cm³/mol. The molecule has 0 saturated heterocycles. The largest absolute Gasteiger partial charge is 0.393 e. The summed E-state index contributed by atoms with van der Waals surface area (Å²) in [5.41, 5.74) is 2.97. The summed E-state index contributed by atoms with van der Waals surface area (Å²) >= 11 is 0. The number of hydrogen-bond acceptors (Lipinski definition) is 6. The van der Waals surface area contributed by atoms with Gasteiger partial charge in [-0.3, -0.25) is 15.6 Å². The van der Waals surface area contributed by atoms with Crippen LogP contribution in [-0.2, 0) is 4.79 Å². The highest BCUT2D eigenvalue weighted by molar-refractivity contribution is 5.83. The zero-order valence-electron chi connectivity index (χ0n) is 9.58. The molecule has 0 aliphatic rings. The third-order valence-electron chi connectivity index (χ3n) is 2.41. The van der Waals surface area contributed by atoms with Crippen molar-refractivity contribution in [2.45, 2.75) is 11.7 Å². The molecule has 6 N–H and O–H groups in total. The lowest BCUT2D eigenvalue weighted by Gasteiger charge is -2.28. The average Bonchev–Trinajstić information content (AvgIpc) is 2.44. The van der Waals surface area contributed by atoms with Gasteiger partial charge in [-0.15, -0.1) is 0 Å². The summed E-state index contributed by atoms with van der Waals surface area (Å²) < 4.78 is 0. The summed E-state index contributed by atoms with van der Waals surface area (Å²) in [6, 6.07) is 8.62. The van der Waals surface area contributed by atoms with Crippen molar-refractivity contribution >= 4 is 11.6 Å². The number of carbonyl (C=O) groups is 1. The minimum absolute atomic E-state index is 0.578. The molecule has 0 aromatic heterocycles. The number of aliphatic hydroxyl groups excluding tert-OH is 3.